The third kappa shape index (κ3) is 2.03. The molecule has 0 spiro atoms. The van der Waals surface area contributed by atoms with Crippen molar-refractivity contribution in [3.8, 4) is 5.75 Å². The molecule has 3 nitrogen and oxygen atoms in total. The lowest BCUT2D eigenvalue weighted by atomic mass is 10.1. The summed E-state index contributed by atoms with van der Waals surface area (Å²) in [5.41, 5.74) is 1.42. The summed E-state index contributed by atoms with van der Waals surface area (Å²) in [5.74, 6) is 0.918. The molecule has 1 amide bonds. The second-order valence-corrected chi connectivity index (χ2v) is 4.65. The van der Waals surface area contributed by atoms with Crippen LogP contribution in [-0.4, -0.2) is 29.0 Å². The van der Waals surface area contributed by atoms with Gasteiger partial charge in [0.1, 0.15) is 5.75 Å². The van der Waals surface area contributed by atoms with Crippen molar-refractivity contribution >= 4 is 5.91 Å². The maximum absolute atomic E-state index is 12.1. The summed E-state index contributed by atoms with van der Waals surface area (Å²) in [6.45, 7) is 5.66. The Morgan fingerprint density at radius 3 is 2.81 bits per heavy atom. The summed E-state index contributed by atoms with van der Waals surface area (Å²) < 4.78 is 0. The Morgan fingerprint density at radius 1 is 1.50 bits per heavy atom. The number of benzene rings is 1. The summed E-state index contributed by atoms with van der Waals surface area (Å²) in [5, 5.41) is 9.41. The molecule has 1 fully saturated rings. The van der Waals surface area contributed by atoms with Crippen LogP contribution in [-0.2, 0) is 0 Å². The van der Waals surface area contributed by atoms with Crippen LogP contribution in [0.4, 0.5) is 0 Å². The minimum Gasteiger partial charge on any atom is -0.508 e. The van der Waals surface area contributed by atoms with E-state index in [1.165, 1.54) is 0 Å². The largest absolute Gasteiger partial charge is 0.508 e. The van der Waals surface area contributed by atoms with Crippen LogP contribution in [0.2, 0.25) is 0 Å². The summed E-state index contributed by atoms with van der Waals surface area (Å²) in [4.78, 5) is 14.0. The van der Waals surface area contributed by atoms with Gasteiger partial charge in [-0.05, 0) is 43.0 Å². The Bertz CT molecular complexity index is 414. The fourth-order valence-corrected chi connectivity index (χ4v) is 2.09. The number of nitrogens with zero attached hydrogens (tertiary/aromatic N) is 1. The summed E-state index contributed by atoms with van der Waals surface area (Å²) in [6, 6.07) is 5.02. The lowest BCUT2D eigenvalue weighted by molar-refractivity contribution is 0.0788. The molecular formula is C13H17NO2. The molecule has 1 saturated heterocycles. The molecule has 1 heterocycles. The molecule has 1 atom stereocenters. The van der Waals surface area contributed by atoms with Crippen molar-refractivity contribution in [2.75, 3.05) is 13.1 Å². The smallest absolute Gasteiger partial charge is 0.253 e. The average molecular weight is 219 g/mol. The van der Waals surface area contributed by atoms with Crippen molar-refractivity contribution in [1.29, 1.82) is 0 Å². The first kappa shape index (κ1) is 11.0. The molecule has 3 heteroatoms. The van der Waals surface area contributed by atoms with Crippen LogP contribution >= 0.6 is 0 Å². The van der Waals surface area contributed by atoms with Crippen molar-refractivity contribution in [1.82, 2.24) is 4.90 Å². The summed E-state index contributed by atoms with van der Waals surface area (Å²) >= 11 is 0. The molecule has 86 valence electrons. The highest BCUT2D eigenvalue weighted by Gasteiger charge is 2.24. The quantitative estimate of drug-likeness (QED) is 0.786. The van der Waals surface area contributed by atoms with E-state index in [1.807, 2.05) is 4.90 Å². The lowest BCUT2D eigenvalue weighted by Crippen LogP contribution is -2.28. The van der Waals surface area contributed by atoms with Gasteiger partial charge in [0.05, 0.1) is 0 Å². The summed E-state index contributed by atoms with van der Waals surface area (Å²) in [6.07, 6.45) is 1.09. The second-order valence-electron chi connectivity index (χ2n) is 4.65. The minimum absolute atomic E-state index is 0.0763. The number of aryl methyl sites for hydroxylation is 1. The molecule has 1 aromatic carbocycles. The zero-order chi connectivity index (χ0) is 11.7. The van der Waals surface area contributed by atoms with Crippen LogP contribution in [0.25, 0.3) is 0 Å². The van der Waals surface area contributed by atoms with Gasteiger partial charge < -0.3 is 10.0 Å². The van der Waals surface area contributed by atoms with Gasteiger partial charge in [0.2, 0.25) is 0 Å². The number of carbonyl (C=O) groups excluding carboxylic acids is 1. The third-order valence-corrected chi connectivity index (χ3v) is 3.15. The predicted octanol–water partition coefficient (Wildman–Crippen LogP) is 2.18. The van der Waals surface area contributed by atoms with E-state index in [0.717, 1.165) is 25.1 Å². The average Bonchev–Trinajstić information content (AvgIpc) is 2.68. The minimum atomic E-state index is 0.0763. The van der Waals surface area contributed by atoms with Gasteiger partial charge in [0, 0.05) is 18.7 Å². The fraction of sp³-hybridized carbons (Fsp3) is 0.462. The standard InChI is InChI=1S/C13H17NO2/c1-9-5-6-14(8-9)13(16)11-3-4-12(15)10(2)7-11/h3-4,7,9,15H,5-6,8H2,1-2H3. The highest BCUT2D eigenvalue weighted by atomic mass is 16.3. The Balaban J connectivity index is 2.18. The van der Waals surface area contributed by atoms with Crippen LogP contribution in [0.5, 0.6) is 5.75 Å². The van der Waals surface area contributed by atoms with E-state index in [0.29, 0.717) is 11.5 Å². The molecule has 0 bridgehead atoms. The van der Waals surface area contributed by atoms with E-state index in [-0.39, 0.29) is 11.7 Å². The van der Waals surface area contributed by atoms with Crippen LogP contribution in [0, 0.1) is 12.8 Å². The van der Waals surface area contributed by atoms with Crippen molar-refractivity contribution in [3.63, 3.8) is 0 Å². The fourth-order valence-electron chi connectivity index (χ4n) is 2.09. The maximum Gasteiger partial charge on any atom is 0.253 e. The maximum atomic E-state index is 12.1. The molecule has 0 saturated carbocycles. The SMILES string of the molecule is Cc1cc(C(=O)N2CCC(C)C2)ccc1O. The number of hydrogen-bond acceptors (Lipinski definition) is 2. The molecule has 0 aromatic heterocycles. The third-order valence-electron chi connectivity index (χ3n) is 3.15. The van der Waals surface area contributed by atoms with Crippen molar-refractivity contribution in [2.24, 2.45) is 5.92 Å². The van der Waals surface area contributed by atoms with Gasteiger partial charge in [-0.2, -0.15) is 0 Å². The lowest BCUT2D eigenvalue weighted by Gasteiger charge is -2.16. The van der Waals surface area contributed by atoms with Gasteiger partial charge in [0.15, 0.2) is 0 Å². The molecule has 1 aromatic rings. The molecule has 0 aliphatic carbocycles. The van der Waals surface area contributed by atoms with Crippen LogP contribution < -0.4 is 0 Å². The first-order valence-electron chi connectivity index (χ1n) is 5.67. The number of hydrogen-bond donors (Lipinski definition) is 1. The number of likely N-dealkylation sites (tertiary alicyclic amines) is 1. The topological polar surface area (TPSA) is 40.5 Å². The highest BCUT2D eigenvalue weighted by molar-refractivity contribution is 5.94. The Labute approximate surface area is 95.7 Å². The first-order valence-corrected chi connectivity index (χ1v) is 5.67. The first-order chi connectivity index (χ1) is 7.58. The number of phenols is 1. The van der Waals surface area contributed by atoms with E-state index in [4.69, 9.17) is 0 Å². The zero-order valence-electron chi connectivity index (χ0n) is 9.73. The second kappa shape index (κ2) is 4.16. The number of amides is 1. The van der Waals surface area contributed by atoms with Crippen LogP contribution in [0.3, 0.4) is 0 Å². The molecule has 1 unspecified atom stereocenters. The van der Waals surface area contributed by atoms with E-state index in [1.54, 1.807) is 25.1 Å². The van der Waals surface area contributed by atoms with Gasteiger partial charge >= 0.3 is 0 Å². The predicted molar refractivity (Wildman–Crippen MR) is 62.5 cm³/mol. The molecule has 1 aliphatic heterocycles. The van der Waals surface area contributed by atoms with Crippen molar-refractivity contribution < 1.29 is 9.90 Å². The number of aromatic hydroxyl groups is 1. The molecule has 16 heavy (non-hydrogen) atoms. The van der Waals surface area contributed by atoms with Crippen LogP contribution in [0.15, 0.2) is 18.2 Å². The highest BCUT2D eigenvalue weighted by Crippen LogP contribution is 2.21. The van der Waals surface area contributed by atoms with E-state index in [9.17, 15) is 9.90 Å². The zero-order valence-corrected chi connectivity index (χ0v) is 9.73. The number of carbonyl (C=O) groups is 1. The summed E-state index contributed by atoms with van der Waals surface area (Å²) in [7, 11) is 0. The monoisotopic (exact) mass is 219 g/mol. The Morgan fingerprint density at radius 2 is 2.25 bits per heavy atom. The van der Waals surface area contributed by atoms with Gasteiger partial charge in [-0.25, -0.2) is 0 Å². The Kier molecular flexibility index (Phi) is 2.86. The van der Waals surface area contributed by atoms with E-state index >= 15 is 0 Å². The van der Waals surface area contributed by atoms with E-state index in [2.05, 4.69) is 6.92 Å². The molecule has 2 rings (SSSR count). The van der Waals surface area contributed by atoms with Gasteiger partial charge in [-0.3, -0.25) is 4.79 Å². The van der Waals surface area contributed by atoms with Gasteiger partial charge in [-0.15, -0.1) is 0 Å². The molecule has 1 N–H and O–H groups in total. The molecular weight excluding hydrogens is 202 g/mol. The van der Waals surface area contributed by atoms with Crippen LogP contribution in [0.1, 0.15) is 29.3 Å². The number of phenolic OH excluding ortho intramolecular Hbond substituents is 1. The molecule has 0 radical (unpaired) electrons. The number of rotatable bonds is 1. The van der Waals surface area contributed by atoms with Crippen molar-refractivity contribution in [2.45, 2.75) is 20.3 Å². The van der Waals surface area contributed by atoms with Gasteiger partial charge in [0.25, 0.3) is 5.91 Å². The Hall–Kier alpha value is -1.51. The van der Waals surface area contributed by atoms with Crippen molar-refractivity contribution in [3.05, 3.63) is 29.3 Å². The molecule has 1 aliphatic rings. The van der Waals surface area contributed by atoms with Gasteiger partial charge in [-0.1, -0.05) is 6.92 Å². The normalized spacial score (nSPS) is 20.1. The van der Waals surface area contributed by atoms with E-state index < -0.39 is 0 Å².